The molecule has 2 atom stereocenters. The molecule has 3 aliphatic heterocycles. The number of carboxylic acids is 3. The second-order valence-electron chi connectivity index (χ2n) is 36.1. The lowest BCUT2D eigenvalue weighted by Gasteiger charge is -2.35. The molecule has 0 bridgehead atoms. The Hall–Kier alpha value is -8.41. The van der Waals surface area contributed by atoms with Crippen molar-refractivity contribution in [1.82, 2.24) is 78.7 Å². The summed E-state index contributed by atoms with van der Waals surface area (Å²) in [4.78, 5) is 138. The van der Waals surface area contributed by atoms with Gasteiger partial charge in [-0.25, -0.2) is 0 Å². The van der Waals surface area contributed by atoms with Crippen molar-refractivity contribution in [3.8, 4) is 23.0 Å². The Kier molecular flexibility index (Phi) is 48.4. The molecule has 8 aromatic rings. The fraction of sp³-hybridized carbons (Fsp3) is 0.500. The van der Waals surface area contributed by atoms with Crippen molar-refractivity contribution in [1.29, 1.82) is 0 Å². The van der Waals surface area contributed by atoms with Crippen molar-refractivity contribution >= 4 is 62.1 Å². The van der Waals surface area contributed by atoms with Gasteiger partial charge in [0.1, 0.15) is 23.0 Å². The van der Waals surface area contributed by atoms with Crippen molar-refractivity contribution in [2.45, 2.75) is 128 Å². The summed E-state index contributed by atoms with van der Waals surface area (Å²) in [6.07, 6.45) is 2.11. The summed E-state index contributed by atoms with van der Waals surface area (Å²) in [5.74, 6) is -4.59. The lowest BCUT2D eigenvalue weighted by Crippen LogP contribution is -2.43. The maximum atomic E-state index is 14.6. The summed E-state index contributed by atoms with van der Waals surface area (Å²) in [5.41, 5.74) is 7.46. The van der Waals surface area contributed by atoms with Gasteiger partial charge in [0.25, 0.3) is 0 Å². The van der Waals surface area contributed by atoms with Gasteiger partial charge < -0.3 is 85.5 Å². The molecule has 0 spiro atoms. The van der Waals surface area contributed by atoms with E-state index in [1.807, 2.05) is 141 Å². The smallest absolute Gasteiger partial charge is 0.317 e. The number of aliphatic hydroxyl groups is 4. The summed E-state index contributed by atoms with van der Waals surface area (Å²) in [7, 11) is -23.7. The van der Waals surface area contributed by atoms with E-state index < -0.39 is 152 Å². The number of hydrogen-bond donors (Lipinski definition) is 17. The van der Waals surface area contributed by atoms with Crippen LogP contribution in [0.3, 0.4) is 0 Å². The van der Waals surface area contributed by atoms with Crippen LogP contribution >= 0.6 is 44.2 Å². The zero-order valence-electron chi connectivity index (χ0n) is 79.8. The normalized spacial score (nSPS) is 23.1. The van der Waals surface area contributed by atoms with E-state index in [4.69, 9.17) is 15.3 Å². The highest BCUT2D eigenvalue weighted by Crippen LogP contribution is 2.50. The summed E-state index contributed by atoms with van der Waals surface area (Å²) >= 11 is 0. The topological polar surface area (TPSA) is 588 Å². The van der Waals surface area contributed by atoms with Gasteiger partial charge in [-0.05, 0) is 56.5 Å². The number of likely N-dealkylation sites (N-methyl/N-ethyl adjacent to an activating group) is 1. The van der Waals surface area contributed by atoms with E-state index in [9.17, 15) is 112 Å². The number of pyridine rings is 4. The molecule has 142 heavy (non-hydrogen) atoms. The van der Waals surface area contributed by atoms with Gasteiger partial charge in [-0.2, -0.15) is 0 Å². The Labute approximate surface area is 830 Å². The molecule has 786 valence electrons. The average molecular weight is 2100 g/mol. The third-order valence-electron chi connectivity index (χ3n) is 23.9. The number of benzene rings is 4. The van der Waals surface area contributed by atoms with Gasteiger partial charge >= 0.3 is 17.9 Å². The van der Waals surface area contributed by atoms with Crippen LogP contribution in [0.15, 0.2) is 146 Å². The minimum absolute atomic E-state index is 0. The van der Waals surface area contributed by atoms with Crippen LogP contribution in [0.25, 0.3) is 0 Å². The Bertz CT molecular complexity index is 5130. The molecule has 0 saturated carbocycles. The summed E-state index contributed by atoms with van der Waals surface area (Å²) in [6, 6.07) is 39.9. The molecule has 4 aromatic heterocycles. The molecule has 17 N–H and O–H groups in total. The highest BCUT2D eigenvalue weighted by molar-refractivity contribution is 7.59. The highest BCUT2D eigenvalue weighted by Gasteiger charge is 2.38. The zero-order valence-corrected chi connectivity index (χ0v) is 85.1. The quantitative estimate of drug-likeness (QED) is 0.0214. The van der Waals surface area contributed by atoms with E-state index >= 15 is 0 Å². The summed E-state index contributed by atoms with van der Waals surface area (Å²) < 4.78 is 82.8. The molecule has 11 rings (SSSR count). The zero-order chi connectivity index (χ0) is 102. The lowest BCUT2D eigenvalue weighted by atomic mass is 10.1. The van der Waals surface area contributed by atoms with Crippen molar-refractivity contribution in [3.05, 3.63) is 236 Å². The minimum Gasteiger partial charge on any atom is -0.506 e. The maximum Gasteiger partial charge on any atom is 0.317 e. The number of carboxylic acid groups (broad SMARTS) is 3. The Balaban J connectivity index is 0.000000303. The molecule has 2 unspecified atom stereocenters. The highest BCUT2D eigenvalue weighted by atomic mass is 31.2. The van der Waals surface area contributed by atoms with E-state index in [0.29, 0.717) is 58.9 Å². The number of carbonyl (C=O) groups is 3. The van der Waals surface area contributed by atoms with Gasteiger partial charge in [-0.3, -0.25) is 121 Å². The number of aromatic hydroxyl groups is 4. The van der Waals surface area contributed by atoms with Gasteiger partial charge in [0.05, 0.1) is 144 Å². The molecule has 4 aromatic carbocycles. The van der Waals surface area contributed by atoms with Gasteiger partial charge in [0.15, 0.2) is 0 Å². The van der Waals surface area contributed by atoms with Crippen molar-refractivity contribution < 1.29 is 127 Å². The maximum absolute atomic E-state index is 14.6. The second kappa shape index (κ2) is 57.1. The summed E-state index contributed by atoms with van der Waals surface area (Å²) in [6.45, 7) is 7.93. The van der Waals surface area contributed by atoms with Gasteiger partial charge in [-0.15, -0.1) is 0 Å². The SMILES string of the molecule is C.C.CCN1CCN(CC(=O)O)CP(=O)(O)CN(CC(=O)O)CCN(CC(=O)O)CP(=O)(O)C1.Cc1ncc(CO)c(CN2CCN(Cc3c(CO)cnc(C)c3O)CP(=O)(O)CN(Cc3c(CO)cnc(C)c3O)CCN(Cc3c(CO)cnc(C)c3O)CP(=O)(O)C2)c1O.O=P1(O)CN(Cc2ccccc2)CCN(Cc2ccccc2)CP(=O)(O)CN(Cc2ccccc2)CCN(Cc2ccccc2)C1. The number of rotatable bonds is 27. The Morgan fingerprint density at radius 1 is 0.268 bits per heavy atom. The van der Waals surface area contributed by atoms with Crippen LogP contribution in [-0.4, -0.2) is 362 Å². The van der Waals surface area contributed by atoms with Crippen LogP contribution in [0.4, 0.5) is 0 Å². The summed E-state index contributed by atoms with van der Waals surface area (Å²) in [5, 5.41) is 113. The monoisotopic (exact) mass is 2100 g/mol. The average Bonchev–Trinajstić information content (AvgIpc) is 0.799. The number of aryl methyl sites for hydroxylation is 4. The van der Waals surface area contributed by atoms with Gasteiger partial charge in [-0.1, -0.05) is 143 Å². The van der Waals surface area contributed by atoms with Crippen molar-refractivity contribution in [2.75, 3.05) is 180 Å². The van der Waals surface area contributed by atoms with E-state index in [2.05, 4.69) is 19.9 Å². The molecule has 3 aliphatic rings. The molecule has 0 radical (unpaired) electrons. The van der Waals surface area contributed by atoms with Crippen LogP contribution in [0, 0.1) is 27.7 Å². The molecule has 42 nitrogen and oxygen atoms in total. The first-order valence-corrected chi connectivity index (χ1v) is 57.8. The number of hydrogen-bond acceptors (Lipinski definition) is 33. The largest absolute Gasteiger partial charge is 0.506 e. The molecule has 3 saturated heterocycles. The molecule has 0 amide bonds. The number of aliphatic carboxylic acids is 3. The second-order valence-corrected chi connectivity index (χ2v) is 49.7. The first-order valence-electron chi connectivity index (χ1n) is 45.7. The fourth-order valence-electron chi connectivity index (χ4n) is 17.1. The fourth-order valence-corrected chi connectivity index (χ4v) is 28.1. The number of aliphatic hydroxyl groups excluding tert-OH is 4. The van der Waals surface area contributed by atoms with Crippen molar-refractivity contribution in [3.63, 3.8) is 0 Å². The standard InChI is InChI=1S/C40H58N8O12P2.C36H46N4O4P2.C16H32N4O10P2.2CH4/c1-25-37(53)33(29(17-49)9-41-25)13-45-5-6-46(14-34-30(18-50)10-42-26(2)38(34)54)23-62(59,60)24-48(16-36-32(20-52)12-44-28(4)40(36)56)8-7-47(22-61(57,58)21-45)15-35-31(19-51)11-43-27(3)39(35)55;41-45(42)29-37(25-33-13-5-1-6-14-33)21-22-38(26-34-15-7-2-8-16-34)31-46(43,44)32-40(28-36-19-11-4-12-20-36)24-23-39(30-45)27-35-17-9-3-10-18-35;1-2-17-3-4-18(7-14(21)22)12-32(29,30)13-20(9-16(25)26)6-5-19(8-15(23)24)11-31(27,28)10-17;;/h9-12,49-56H,5-8,13-24H2,1-4H3,(H,57,58)(H,59,60);1-20H,21-32H2,(H,41,42)(H,43,44);2-13H2,1H3,(H,21,22)(H,23,24)(H,25,26)(H,27,28)(H,29,30);2*1H4. The minimum atomic E-state index is -4.27. The van der Waals surface area contributed by atoms with Crippen LogP contribution in [0.5, 0.6) is 23.0 Å². The number of nitrogens with zero attached hydrogens (tertiary/aromatic N) is 16. The Morgan fingerprint density at radius 3 is 0.592 bits per heavy atom. The third-order valence-corrected chi connectivity index (χ3v) is 34.0. The van der Waals surface area contributed by atoms with Crippen LogP contribution < -0.4 is 0 Å². The predicted octanol–water partition coefficient (Wildman–Crippen LogP) is 8.49. The van der Waals surface area contributed by atoms with Crippen LogP contribution in [0.2, 0.25) is 0 Å². The van der Waals surface area contributed by atoms with Crippen LogP contribution in [-0.2, 0) is 121 Å². The molecule has 3 fully saturated rings. The molecular weight excluding hydrogens is 1950 g/mol. The first kappa shape index (κ1) is 121. The number of aromatic nitrogens is 4. The predicted molar refractivity (Wildman–Crippen MR) is 541 cm³/mol. The molecular formula is C94H144N16O26P6. The van der Waals surface area contributed by atoms with E-state index in [-0.39, 0.29) is 215 Å². The Morgan fingerprint density at radius 2 is 0.423 bits per heavy atom. The van der Waals surface area contributed by atoms with E-state index in [1.165, 1.54) is 34.6 Å². The lowest BCUT2D eigenvalue weighted by molar-refractivity contribution is -0.139. The van der Waals surface area contributed by atoms with Gasteiger partial charge in [0.2, 0.25) is 44.2 Å². The van der Waals surface area contributed by atoms with E-state index in [1.54, 1.807) is 59.1 Å². The molecule has 48 heteroatoms. The molecule has 0 aliphatic carbocycles. The van der Waals surface area contributed by atoms with Crippen molar-refractivity contribution in [2.24, 2.45) is 0 Å². The van der Waals surface area contributed by atoms with E-state index in [0.717, 1.165) is 27.2 Å². The van der Waals surface area contributed by atoms with Crippen LogP contribution in [0.1, 0.15) is 111 Å². The first-order chi connectivity index (χ1) is 66.2. The third kappa shape index (κ3) is 40.4. The van der Waals surface area contributed by atoms with Gasteiger partial charge in [0, 0.05) is 200 Å². The molecule has 7 heterocycles.